The average molecular weight is 491 g/mol. The Bertz CT molecular complexity index is 547. The van der Waals surface area contributed by atoms with Crippen LogP contribution < -0.4 is 0 Å². The maximum Gasteiger partial charge on any atom is 0.192 e. The molecule has 0 aromatic rings. The van der Waals surface area contributed by atoms with Crippen molar-refractivity contribution in [3.05, 3.63) is 0 Å². The maximum absolute atomic E-state index is 10.8. The van der Waals surface area contributed by atoms with Crippen molar-refractivity contribution >= 4 is 8.32 Å². The Morgan fingerprint density at radius 3 is 1.39 bits per heavy atom. The van der Waals surface area contributed by atoms with Crippen molar-refractivity contribution in [2.75, 3.05) is 13.2 Å². The van der Waals surface area contributed by atoms with Crippen LogP contribution in [0.5, 0.6) is 0 Å². The molecule has 2 fully saturated rings. The molecule has 7 heteroatoms. The molecule has 0 aliphatic heterocycles. The monoisotopic (exact) mass is 490 g/mol. The summed E-state index contributed by atoms with van der Waals surface area (Å²) in [6, 6.07) is 0. The van der Waals surface area contributed by atoms with Gasteiger partial charge in [0.25, 0.3) is 0 Å². The van der Waals surface area contributed by atoms with Crippen LogP contribution in [0.3, 0.4) is 0 Å². The predicted octanol–water partition coefficient (Wildman–Crippen LogP) is 4.37. The number of hydrogen-bond donors (Lipinski definition) is 5. The van der Waals surface area contributed by atoms with Crippen LogP contribution in [0.15, 0.2) is 0 Å². The predicted molar refractivity (Wildman–Crippen MR) is 137 cm³/mol. The van der Waals surface area contributed by atoms with Crippen molar-refractivity contribution in [3.8, 4) is 0 Å². The number of rotatable bonds is 8. The van der Waals surface area contributed by atoms with Gasteiger partial charge >= 0.3 is 0 Å². The van der Waals surface area contributed by atoms with Crippen LogP contribution in [0.2, 0.25) is 18.1 Å². The van der Waals surface area contributed by atoms with Gasteiger partial charge in [-0.3, -0.25) is 0 Å². The smallest absolute Gasteiger partial charge is 0.192 e. The van der Waals surface area contributed by atoms with Gasteiger partial charge in [-0.05, 0) is 57.7 Å². The molecule has 0 amide bonds. The molecule has 2 unspecified atom stereocenters. The third kappa shape index (κ3) is 7.99. The Morgan fingerprint density at radius 2 is 1.09 bits per heavy atom. The van der Waals surface area contributed by atoms with E-state index in [0.29, 0.717) is 0 Å². The van der Waals surface area contributed by atoms with Crippen molar-refractivity contribution in [2.24, 2.45) is 10.8 Å². The van der Waals surface area contributed by atoms with E-state index in [-0.39, 0.29) is 29.8 Å². The summed E-state index contributed by atoms with van der Waals surface area (Å²) in [6.07, 6.45) is 7.87. The molecule has 2 aliphatic rings. The summed E-state index contributed by atoms with van der Waals surface area (Å²) in [5.74, 6) is 0. The van der Waals surface area contributed by atoms with Gasteiger partial charge in [-0.1, -0.05) is 59.3 Å². The second-order valence-electron chi connectivity index (χ2n) is 12.4. The van der Waals surface area contributed by atoms with Crippen LogP contribution in [-0.2, 0) is 4.43 Å². The van der Waals surface area contributed by atoms with Gasteiger partial charge in [0, 0.05) is 10.8 Å². The Balaban J connectivity index is 0.000000361. The molecule has 0 saturated heterocycles. The van der Waals surface area contributed by atoms with E-state index in [1.54, 1.807) is 6.92 Å². The lowest BCUT2D eigenvalue weighted by atomic mass is 9.69. The normalized spacial score (nSPS) is 24.7. The maximum atomic E-state index is 10.8. The van der Waals surface area contributed by atoms with Crippen molar-refractivity contribution in [1.82, 2.24) is 0 Å². The van der Waals surface area contributed by atoms with Crippen LogP contribution in [0.4, 0.5) is 0 Å². The molecule has 0 aromatic heterocycles. The average Bonchev–Trinajstić information content (AvgIpc) is 2.78. The lowest BCUT2D eigenvalue weighted by Gasteiger charge is -2.45. The molecule has 4 atom stereocenters. The van der Waals surface area contributed by atoms with Gasteiger partial charge in [0.1, 0.15) is 0 Å². The molecular formula is C26H54O6Si. The van der Waals surface area contributed by atoms with Crippen molar-refractivity contribution in [3.63, 3.8) is 0 Å². The zero-order valence-electron chi connectivity index (χ0n) is 22.4. The molecule has 33 heavy (non-hydrogen) atoms. The van der Waals surface area contributed by atoms with E-state index in [0.717, 1.165) is 51.4 Å². The fourth-order valence-corrected chi connectivity index (χ4v) is 6.73. The SMILES string of the molecule is C[C@H](O)C(O)C1(CO)CCCCC1.C[C@H](O[Si](C)(C)C(C)(C)C)C(O)C1(CO)CCCCC1. The minimum Gasteiger partial charge on any atom is -0.412 e. The van der Waals surface area contributed by atoms with Crippen molar-refractivity contribution < 1.29 is 30.0 Å². The van der Waals surface area contributed by atoms with Crippen LogP contribution in [-0.4, -0.2) is 71.5 Å². The molecule has 6 nitrogen and oxygen atoms in total. The van der Waals surface area contributed by atoms with Gasteiger partial charge in [-0.25, -0.2) is 0 Å². The van der Waals surface area contributed by atoms with E-state index < -0.39 is 32.0 Å². The van der Waals surface area contributed by atoms with Crippen LogP contribution >= 0.6 is 0 Å². The molecule has 0 heterocycles. The minimum atomic E-state index is -1.88. The highest BCUT2D eigenvalue weighted by atomic mass is 28.4. The van der Waals surface area contributed by atoms with Gasteiger partial charge in [0.2, 0.25) is 0 Å². The summed E-state index contributed by atoms with van der Waals surface area (Å²) in [4.78, 5) is 0. The van der Waals surface area contributed by atoms with Gasteiger partial charge in [0.15, 0.2) is 8.32 Å². The highest BCUT2D eigenvalue weighted by Gasteiger charge is 2.45. The van der Waals surface area contributed by atoms with Gasteiger partial charge in [-0.15, -0.1) is 0 Å². The van der Waals surface area contributed by atoms with Crippen LogP contribution in [0.1, 0.15) is 98.8 Å². The number of aliphatic hydroxyl groups excluding tert-OH is 5. The molecule has 0 spiro atoms. The van der Waals surface area contributed by atoms with E-state index in [2.05, 4.69) is 33.9 Å². The zero-order valence-corrected chi connectivity index (χ0v) is 23.4. The second-order valence-corrected chi connectivity index (χ2v) is 17.1. The summed E-state index contributed by atoms with van der Waals surface area (Å²) in [5.41, 5.74) is -0.785. The zero-order chi connectivity index (χ0) is 25.5. The Hall–Kier alpha value is -0.0231. The first kappa shape index (κ1) is 31.0. The lowest BCUT2D eigenvalue weighted by Crippen LogP contribution is -2.52. The Kier molecular flexibility index (Phi) is 12.0. The molecule has 0 bridgehead atoms. The first-order valence-corrected chi connectivity index (χ1v) is 16.0. The number of aliphatic hydroxyl groups is 5. The van der Waals surface area contributed by atoms with Gasteiger partial charge in [0.05, 0.1) is 37.6 Å². The Morgan fingerprint density at radius 1 is 0.727 bits per heavy atom. The molecule has 2 saturated carbocycles. The first-order valence-electron chi connectivity index (χ1n) is 13.1. The highest BCUT2D eigenvalue weighted by molar-refractivity contribution is 6.74. The summed E-state index contributed by atoms with van der Waals surface area (Å²) in [7, 11) is -1.88. The summed E-state index contributed by atoms with van der Waals surface area (Å²) < 4.78 is 6.32. The lowest BCUT2D eigenvalue weighted by molar-refractivity contribution is -0.0969. The molecule has 2 aliphatic carbocycles. The van der Waals surface area contributed by atoms with Crippen LogP contribution in [0, 0.1) is 10.8 Å². The van der Waals surface area contributed by atoms with Crippen molar-refractivity contribution in [2.45, 2.75) is 141 Å². The largest absolute Gasteiger partial charge is 0.412 e. The van der Waals surface area contributed by atoms with Gasteiger partial charge in [-0.2, -0.15) is 0 Å². The summed E-state index contributed by atoms with van der Waals surface area (Å²) in [5, 5.41) is 49.1. The summed E-state index contributed by atoms with van der Waals surface area (Å²) in [6.45, 7) is 14.7. The second kappa shape index (κ2) is 12.8. The van der Waals surface area contributed by atoms with Crippen molar-refractivity contribution in [1.29, 1.82) is 0 Å². The molecule has 198 valence electrons. The van der Waals surface area contributed by atoms with Crippen LogP contribution in [0.25, 0.3) is 0 Å². The standard InChI is InChI=1S/C16H34O3Si.C10H20O3/c1-13(19-20(5,6)15(2,3)4)14(18)16(12-17)10-8-7-9-11-16;1-8(12)9(13)10(7-11)5-3-2-4-6-10/h13-14,17-18H,7-12H2,1-6H3;8-9,11-13H,2-7H2,1H3/t13-,14?;8-,9?/m00/s1. The molecule has 2 rings (SSSR count). The molecule has 5 N–H and O–H groups in total. The van der Waals surface area contributed by atoms with E-state index in [1.807, 2.05) is 6.92 Å². The van der Waals surface area contributed by atoms with E-state index >= 15 is 0 Å². The third-order valence-corrected chi connectivity index (χ3v) is 13.3. The third-order valence-electron chi connectivity index (χ3n) is 8.77. The quantitative estimate of drug-likeness (QED) is 0.323. The van der Waals surface area contributed by atoms with Gasteiger partial charge < -0.3 is 30.0 Å². The van der Waals surface area contributed by atoms with E-state index in [4.69, 9.17) is 4.43 Å². The molecular weight excluding hydrogens is 436 g/mol. The highest BCUT2D eigenvalue weighted by Crippen LogP contribution is 2.43. The minimum absolute atomic E-state index is 0.0148. The summed E-state index contributed by atoms with van der Waals surface area (Å²) >= 11 is 0. The number of hydrogen-bond acceptors (Lipinski definition) is 6. The fourth-order valence-electron chi connectivity index (χ4n) is 5.32. The molecule has 0 radical (unpaired) electrons. The topological polar surface area (TPSA) is 110 Å². The molecule has 0 aromatic carbocycles. The van der Waals surface area contributed by atoms with E-state index in [1.165, 1.54) is 12.8 Å². The Labute approximate surface area is 203 Å². The first-order chi connectivity index (χ1) is 15.2. The fraction of sp³-hybridized carbons (Fsp3) is 1.00. The van der Waals surface area contributed by atoms with E-state index in [9.17, 15) is 25.5 Å².